The van der Waals surface area contributed by atoms with Gasteiger partial charge in [-0.1, -0.05) is 43.3 Å². The van der Waals surface area contributed by atoms with E-state index >= 15 is 0 Å². The topological polar surface area (TPSA) is 87.2 Å². The fraction of sp³-hybridized carbons (Fsp3) is 0.111. The predicted octanol–water partition coefficient (Wildman–Crippen LogP) is 9.43. The van der Waals surface area contributed by atoms with Crippen LogP contribution in [-0.4, -0.2) is 39.0 Å². The van der Waals surface area contributed by atoms with Crippen LogP contribution >= 0.6 is 0 Å². The molecule has 8 heteroatoms. The van der Waals surface area contributed by atoms with E-state index in [9.17, 15) is 0 Å². The van der Waals surface area contributed by atoms with E-state index in [1.165, 1.54) is 11.3 Å². The zero-order valence-corrected chi connectivity index (χ0v) is 29.1. The number of hydrogen-bond acceptors (Lipinski definition) is 6. The molecule has 8 nitrogen and oxygen atoms in total. The molecule has 0 saturated heterocycles. The molecule has 1 aliphatic rings. The molecule has 2 unspecified atom stereocenters. The van der Waals surface area contributed by atoms with Crippen molar-refractivity contribution >= 4 is 49.3 Å². The maximum atomic E-state index is 4.88. The second-order valence-corrected chi connectivity index (χ2v) is 13.8. The average molecular weight is 687 g/mol. The molecule has 9 aromatic rings. The van der Waals surface area contributed by atoms with Crippen LogP contribution in [0, 0.1) is 11.8 Å². The van der Waals surface area contributed by atoms with Crippen LogP contribution in [0.1, 0.15) is 23.9 Å². The van der Waals surface area contributed by atoms with Crippen LogP contribution in [0.15, 0.2) is 153 Å². The third-order valence-corrected chi connectivity index (χ3v) is 10.6. The van der Waals surface area contributed by atoms with Crippen molar-refractivity contribution in [3.05, 3.63) is 170 Å². The van der Waals surface area contributed by atoms with Crippen molar-refractivity contribution in [2.75, 3.05) is 0 Å². The molecule has 8 heterocycles. The van der Waals surface area contributed by atoms with Crippen molar-refractivity contribution in [1.82, 2.24) is 39.0 Å². The van der Waals surface area contributed by atoms with Gasteiger partial charge in [0.2, 0.25) is 0 Å². The van der Waals surface area contributed by atoms with Crippen LogP contribution in [0.3, 0.4) is 0 Å². The van der Waals surface area contributed by atoms with Crippen molar-refractivity contribution < 1.29 is 0 Å². The lowest BCUT2D eigenvalue weighted by atomic mass is 9.85. The molecule has 0 saturated carbocycles. The molecule has 0 bridgehead atoms. The highest BCUT2D eigenvalue weighted by Gasteiger charge is 2.21. The normalized spacial score (nSPS) is 15.8. The van der Waals surface area contributed by atoms with Crippen LogP contribution in [0.2, 0.25) is 0 Å². The first-order valence-corrected chi connectivity index (χ1v) is 17.9. The summed E-state index contributed by atoms with van der Waals surface area (Å²) in [5.41, 5.74) is 12.3. The van der Waals surface area contributed by atoms with Crippen molar-refractivity contribution in [1.29, 1.82) is 0 Å². The van der Waals surface area contributed by atoms with E-state index < -0.39 is 0 Å². The van der Waals surface area contributed by atoms with Gasteiger partial charge >= 0.3 is 0 Å². The Morgan fingerprint density at radius 3 is 1.53 bits per heavy atom. The van der Waals surface area contributed by atoms with Gasteiger partial charge in [-0.2, -0.15) is 0 Å². The average Bonchev–Trinajstić information content (AvgIpc) is 3.73. The lowest BCUT2D eigenvalue weighted by Crippen LogP contribution is -2.15. The van der Waals surface area contributed by atoms with E-state index in [1.807, 2.05) is 62.0 Å². The van der Waals surface area contributed by atoms with Crippen LogP contribution < -0.4 is 0 Å². The van der Waals surface area contributed by atoms with E-state index in [0.717, 1.165) is 84.7 Å². The summed E-state index contributed by atoms with van der Waals surface area (Å²) in [5.74, 6) is 0.712. The SMILES string of the molecule is CC1C=C(n2c3ccncc3c3cnccc32)C=CC1Cc1ccc(-c2ccc(Cc3ccc(-n4c5ccncc5c5cnccc54)cc3)nc2)cn1. The van der Waals surface area contributed by atoms with E-state index in [2.05, 4.69) is 127 Å². The van der Waals surface area contributed by atoms with Crippen LogP contribution in [0.5, 0.6) is 0 Å². The Hall–Kier alpha value is -6.80. The van der Waals surface area contributed by atoms with Gasteiger partial charge in [0.1, 0.15) is 0 Å². The lowest BCUT2D eigenvalue weighted by molar-refractivity contribution is 0.499. The summed E-state index contributed by atoms with van der Waals surface area (Å²) in [6.45, 7) is 2.29. The van der Waals surface area contributed by atoms with Crippen LogP contribution in [0.4, 0.5) is 0 Å². The number of fused-ring (bicyclic) bond motifs is 6. The monoisotopic (exact) mass is 686 g/mol. The molecule has 0 radical (unpaired) electrons. The minimum Gasteiger partial charge on any atom is -0.309 e. The van der Waals surface area contributed by atoms with Crippen LogP contribution in [-0.2, 0) is 12.8 Å². The first kappa shape index (κ1) is 31.0. The smallest absolute Gasteiger partial charge is 0.0572 e. The van der Waals surface area contributed by atoms with Gasteiger partial charge in [0.05, 0.1) is 22.1 Å². The maximum Gasteiger partial charge on any atom is 0.0572 e. The Morgan fingerprint density at radius 2 is 1.04 bits per heavy atom. The number of rotatable bonds is 7. The number of hydrogen-bond donors (Lipinski definition) is 0. The second kappa shape index (κ2) is 12.8. The molecule has 1 aliphatic carbocycles. The molecule has 8 aromatic heterocycles. The number of nitrogens with zero attached hydrogens (tertiary/aromatic N) is 8. The molecule has 53 heavy (non-hydrogen) atoms. The van der Waals surface area contributed by atoms with Crippen molar-refractivity contribution in [3.8, 4) is 16.8 Å². The standard InChI is InChI=1S/C45H34N8/c1-29-20-37(53-44-14-18-48-27-40(44)41-28-49-19-15-45(41)53)11-6-31(29)22-35-8-5-33(24-51-35)32-4-7-34(50-23-32)21-30-2-9-36(10-3-30)52-42-12-16-46-25-38(42)39-26-47-17-13-43(39)52/h2-20,23-29,31H,21-22H2,1H3. The highest BCUT2D eigenvalue weighted by molar-refractivity contribution is 6.10. The predicted molar refractivity (Wildman–Crippen MR) is 211 cm³/mol. The highest BCUT2D eigenvalue weighted by Crippen LogP contribution is 2.35. The fourth-order valence-corrected chi connectivity index (χ4v) is 7.85. The first-order valence-electron chi connectivity index (χ1n) is 17.9. The van der Waals surface area contributed by atoms with Gasteiger partial charge in [0.15, 0.2) is 0 Å². The molecule has 0 fully saturated rings. The summed E-state index contributed by atoms with van der Waals surface area (Å²) in [5, 5.41) is 4.44. The highest BCUT2D eigenvalue weighted by atomic mass is 15.0. The van der Waals surface area contributed by atoms with Gasteiger partial charge in [0.25, 0.3) is 0 Å². The summed E-state index contributed by atoms with van der Waals surface area (Å²) in [7, 11) is 0. The Kier molecular flexibility index (Phi) is 7.46. The van der Waals surface area contributed by atoms with Crippen molar-refractivity contribution in [3.63, 3.8) is 0 Å². The minimum atomic E-state index is 0.351. The molecule has 254 valence electrons. The molecule has 2 atom stereocenters. The Morgan fingerprint density at radius 1 is 0.528 bits per heavy atom. The van der Waals surface area contributed by atoms with Crippen LogP contribution in [0.25, 0.3) is 66.1 Å². The zero-order valence-electron chi connectivity index (χ0n) is 29.1. The molecule has 0 aliphatic heterocycles. The van der Waals surface area contributed by atoms with E-state index in [-0.39, 0.29) is 0 Å². The van der Waals surface area contributed by atoms with Gasteiger partial charge in [0, 0.05) is 124 Å². The fourth-order valence-electron chi connectivity index (χ4n) is 7.85. The second-order valence-electron chi connectivity index (χ2n) is 13.8. The molecular formula is C45H34N8. The third kappa shape index (κ3) is 5.47. The molecular weight excluding hydrogens is 653 g/mol. The Labute approximate surface area is 305 Å². The van der Waals surface area contributed by atoms with Gasteiger partial charge in [-0.05, 0) is 78.4 Å². The quantitative estimate of drug-likeness (QED) is 0.166. The van der Waals surface area contributed by atoms with Crippen molar-refractivity contribution in [2.24, 2.45) is 11.8 Å². The van der Waals surface area contributed by atoms with Gasteiger partial charge < -0.3 is 9.13 Å². The maximum absolute atomic E-state index is 4.88. The van der Waals surface area contributed by atoms with Crippen molar-refractivity contribution in [2.45, 2.75) is 19.8 Å². The summed E-state index contributed by atoms with van der Waals surface area (Å²) < 4.78 is 4.60. The largest absolute Gasteiger partial charge is 0.309 e. The zero-order chi connectivity index (χ0) is 35.3. The number of aromatic nitrogens is 8. The summed E-state index contributed by atoms with van der Waals surface area (Å²) >= 11 is 0. The first-order chi connectivity index (χ1) is 26.2. The van der Waals surface area contributed by atoms with E-state index in [4.69, 9.17) is 9.97 Å². The van der Waals surface area contributed by atoms with E-state index in [0.29, 0.717) is 11.8 Å². The molecule has 0 amide bonds. The van der Waals surface area contributed by atoms with E-state index in [1.54, 1.807) is 0 Å². The Balaban J connectivity index is 0.812. The van der Waals surface area contributed by atoms with Gasteiger partial charge in [-0.15, -0.1) is 0 Å². The number of pyridine rings is 6. The number of benzene rings is 1. The molecule has 0 N–H and O–H groups in total. The third-order valence-electron chi connectivity index (χ3n) is 10.6. The summed E-state index contributed by atoms with van der Waals surface area (Å²) in [4.78, 5) is 27.1. The molecule has 0 spiro atoms. The number of allylic oxidation sites excluding steroid dienone is 4. The minimum absolute atomic E-state index is 0.351. The Bertz CT molecular complexity index is 2740. The lowest BCUT2D eigenvalue weighted by Gasteiger charge is -2.24. The molecule has 10 rings (SSSR count). The summed E-state index contributed by atoms with van der Waals surface area (Å²) in [6, 6.07) is 25.6. The summed E-state index contributed by atoms with van der Waals surface area (Å²) in [6.07, 6.45) is 27.6. The van der Waals surface area contributed by atoms with Gasteiger partial charge in [-0.3, -0.25) is 29.9 Å². The molecule has 1 aromatic carbocycles. The van der Waals surface area contributed by atoms with Gasteiger partial charge in [-0.25, -0.2) is 0 Å².